The number of fused-ring (bicyclic) bond motifs is 2. The maximum absolute atomic E-state index is 14.8. The van der Waals surface area contributed by atoms with Crippen molar-refractivity contribution < 1.29 is 23.5 Å². The van der Waals surface area contributed by atoms with E-state index in [1.165, 1.54) is 15.9 Å². The van der Waals surface area contributed by atoms with Crippen LogP contribution in [-0.2, 0) is 9.59 Å². The van der Waals surface area contributed by atoms with Gasteiger partial charge >= 0.3 is 6.03 Å². The van der Waals surface area contributed by atoms with Crippen molar-refractivity contribution in [2.45, 2.75) is 37.3 Å². The summed E-state index contributed by atoms with van der Waals surface area (Å²) in [4.78, 5) is 41.7. The van der Waals surface area contributed by atoms with Crippen molar-refractivity contribution in [3.05, 3.63) is 17.9 Å². The SMILES string of the molecule is C#CCN1C(=O)C2(CC2)Oc2cc(F)c(N3C(=O)C4CCCN4C3=O)cc21. The maximum Gasteiger partial charge on any atom is 0.332 e. The number of benzene rings is 1. The van der Waals surface area contributed by atoms with Gasteiger partial charge in [0.2, 0.25) is 0 Å². The lowest BCUT2D eigenvalue weighted by Crippen LogP contribution is -2.48. The number of imide groups is 1. The molecule has 3 heterocycles. The van der Waals surface area contributed by atoms with Gasteiger partial charge in [-0.05, 0) is 18.9 Å². The van der Waals surface area contributed by atoms with Crippen molar-refractivity contribution in [3.63, 3.8) is 0 Å². The molecule has 5 rings (SSSR count). The molecule has 1 aromatic rings. The Morgan fingerprint density at radius 3 is 2.70 bits per heavy atom. The first-order chi connectivity index (χ1) is 13.0. The molecule has 3 fully saturated rings. The summed E-state index contributed by atoms with van der Waals surface area (Å²) in [5.41, 5.74) is -0.859. The number of halogens is 1. The Labute approximate surface area is 154 Å². The van der Waals surface area contributed by atoms with Crippen LogP contribution in [0.3, 0.4) is 0 Å². The van der Waals surface area contributed by atoms with Gasteiger partial charge in [-0.15, -0.1) is 6.42 Å². The fourth-order valence-corrected chi connectivity index (χ4v) is 4.13. The molecule has 4 amide bonds. The third-order valence-corrected chi connectivity index (χ3v) is 5.65. The van der Waals surface area contributed by atoms with Gasteiger partial charge in [-0.2, -0.15) is 0 Å². The Bertz CT molecular complexity index is 927. The van der Waals surface area contributed by atoms with Crippen LogP contribution in [-0.4, -0.2) is 47.5 Å². The van der Waals surface area contributed by atoms with Crippen LogP contribution in [0.2, 0.25) is 0 Å². The van der Waals surface area contributed by atoms with E-state index in [2.05, 4.69) is 5.92 Å². The first kappa shape index (κ1) is 16.1. The van der Waals surface area contributed by atoms with E-state index in [1.54, 1.807) is 0 Å². The number of amides is 4. The lowest BCUT2D eigenvalue weighted by molar-refractivity contribution is -0.128. The van der Waals surface area contributed by atoms with Gasteiger partial charge in [0.05, 0.1) is 17.9 Å². The fraction of sp³-hybridized carbons (Fsp3) is 0.421. The molecule has 8 heteroatoms. The highest BCUT2D eigenvalue weighted by atomic mass is 19.1. The number of carbonyl (C=O) groups excluding carboxylic acids is 3. The second-order valence-corrected chi connectivity index (χ2v) is 7.27. The van der Waals surface area contributed by atoms with Gasteiger partial charge in [-0.3, -0.25) is 14.5 Å². The number of rotatable bonds is 2. The highest BCUT2D eigenvalue weighted by molar-refractivity contribution is 6.22. The largest absolute Gasteiger partial charge is 0.475 e. The number of nitrogens with zero attached hydrogens (tertiary/aromatic N) is 3. The average molecular weight is 369 g/mol. The van der Waals surface area contributed by atoms with Crippen LogP contribution in [0, 0.1) is 18.2 Å². The monoisotopic (exact) mass is 369 g/mol. The number of carbonyl (C=O) groups is 3. The van der Waals surface area contributed by atoms with Crippen LogP contribution < -0.4 is 14.5 Å². The molecule has 1 atom stereocenters. The zero-order valence-electron chi connectivity index (χ0n) is 14.4. The molecule has 0 N–H and O–H groups in total. The van der Waals surface area contributed by atoms with Crippen molar-refractivity contribution in [1.29, 1.82) is 0 Å². The molecular weight excluding hydrogens is 353 g/mol. The highest BCUT2D eigenvalue weighted by Crippen LogP contribution is 2.50. The molecule has 1 unspecified atom stereocenters. The number of hydrogen-bond donors (Lipinski definition) is 0. The Kier molecular flexibility index (Phi) is 3.12. The van der Waals surface area contributed by atoms with Crippen LogP contribution in [0.4, 0.5) is 20.6 Å². The molecule has 7 nitrogen and oxygen atoms in total. The van der Waals surface area contributed by atoms with Crippen molar-refractivity contribution in [3.8, 4) is 18.1 Å². The van der Waals surface area contributed by atoms with Crippen molar-refractivity contribution in [1.82, 2.24) is 4.90 Å². The van der Waals surface area contributed by atoms with Gasteiger partial charge in [0, 0.05) is 25.5 Å². The molecule has 3 aliphatic heterocycles. The van der Waals surface area contributed by atoms with Crippen molar-refractivity contribution >= 4 is 29.2 Å². The first-order valence-corrected chi connectivity index (χ1v) is 8.89. The zero-order chi connectivity index (χ0) is 18.9. The van der Waals surface area contributed by atoms with Crippen LogP contribution in [0.1, 0.15) is 25.7 Å². The standard InChI is InChI=1S/C19H16FN3O4/c1-2-7-21-14-10-13(23-16(24)12-4-3-8-22(12)18(23)26)11(20)9-15(14)27-19(5-6-19)17(21)25/h1,9-10,12H,3-8H2. The lowest BCUT2D eigenvalue weighted by Gasteiger charge is -2.34. The van der Waals surface area contributed by atoms with E-state index in [0.29, 0.717) is 25.8 Å². The van der Waals surface area contributed by atoms with Gasteiger partial charge in [-0.25, -0.2) is 14.1 Å². The molecule has 1 spiro atoms. The molecule has 0 bridgehead atoms. The predicted octanol–water partition coefficient (Wildman–Crippen LogP) is 1.65. The Balaban J connectivity index is 1.60. The lowest BCUT2D eigenvalue weighted by atomic mass is 10.1. The van der Waals surface area contributed by atoms with E-state index in [0.717, 1.165) is 17.4 Å². The molecule has 1 aliphatic carbocycles. The number of hydrogen-bond acceptors (Lipinski definition) is 4. The van der Waals surface area contributed by atoms with Crippen LogP contribution in [0.15, 0.2) is 12.1 Å². The van der Waals surface area contributed by atoms with E-state index in [1.807, 2.05) is 0 Å². The van der Waals surface area contributed by atoms with E-state index >= 15 is 0 Å². The minimum absolute atomic E-state index is 0.00133. The summed E-state index contributed by atoms with van der Waals surface area (Å²) in [6.45, 7) is 0.476. The molecule has 1 aromatic carbocycles. The van der Waals surface area contributed by atoms with Gasteiger partial charge in [-0.1, -0.05) is 5.92 Å². The highest BCUT2D eigenvalue weighted by Gasteiger charge is 2.58. The second-order valence-electron chi connectivity index (χ2n) is 7.27. The van der Waals surface area contributed by atoms with Crippen molar-refractivity contribution in [2.75, 3.05) is 22.9 Å². The van der Waals surface area contributed by atoms with Gasteiger partial charge in [0.1, 0.15) is 11.8 Å². The summed E-state index contributed by atoms with van der Waals surface area (Å²) in [5.74, 6) is 1.16. The minimum atomic E-state index is -0.959. The second kappa shape index (κ2) is 5.22. The fourth-order valence-electron chi connectivity index (χ4n) is 4.13. The third-order valence-electron chi connectivity index (χ3n) is 5.65. The molecule has 0 radical (unpaired) electrons. The van der Waals surface area contributed by atoms with Crippen LogP contribution in [0.25, 0.3) is 0 Å². The summed E-state index contributed by atoms with van der Waals surface area (Å²) < 4.78 is 20.6. The van der Waals surface area contributed by atoms with Crippen molar-refractivity contribution in [2.24, 2.45) is 0 Å². The van der Waals surface area contributed by atoms with Gasteiger partial charge in [0.25, 0.3) is 11.8 Å². The molecular formula is C19H16FN3O4. The van der Waals surface area contributed by atoms with Crippen LogP contribution in [0.5, 0.6) is 5.75 Å². The number of terminal acetylenes is 1. The van der Waals surface area contributed by atoms with Gasteiger partial charge < -0.3 is 9.64 Å². The minimum Gasteiger partial charge on any atom is -0.475 e. The Morgan fingerprint density at radius 1 is 1.26 bits per heavy atom. The number of anilines is 2. The van der Waals surface area contributed by atoms with Gasteiger partial charge in [0.15, 0.2) is 11.4 Å². The number of ether oxygens (including phenoxy) is 1. The summed E-state index contributed by atoms with van der Waals surface area (Å²) >= 11 is 0. The van der Waals surface area contributed by atoms with E-state index in [9.17, 15) is 18.8 Å². The Morgan fingerprint density at radius 2 is 2.04 bits per heavy atom. The quantitative estimate of drug-likeness (QED) is 0.587. The molecule has 1 saturated carbocycles. The normalized spacial score (nSPS) is 24.8. The summed E-state index contributed by atoms with van der Waals surface area (Å²) in [6.07, 6.45) is 7.83. The molecule has 2 saturated heterocycles. The maximum atomic E-state index is 14.8. The van der Waals surface area contributed by atoms with E-state index in [4.69, 9.17) is 11.2 Å². The van der Waals surface area contributed by atoms with E-state index in [-0.39, 0.29) is 29.6 Å². The zero-order valence-corrected chi connectivity index (χ0v) is 14.4. The van der Waals surface area contributed by atoms with Crippen LogP contribution >= 0.6 is 0 Å². The average Bonchev–Trinajstić information content (AvgIpc) is 3.15. The topological polar surface area (TPSA) is 70.2 Å². The summed E-state index contributed by atoms with van der Waals surface area (Å²) in [7, 11) is 0. The Hall–Kier alpha value is -3.08. The molecule has 138 valence electrons. The smallest absolute Gasteiger partial charge is 0.332 e. The first-order valence-electron chi connectivity index (χ1n) is 8.89. The molecule has 4 aliphatic rings. The third kappa shape index (κ3) is 2.05. The number of urea groups is 1. The molecule has 27 heavy (non-hydrogen) atoms. The predicted molar refractivity (Wildman–Crippen MR) is 92.8 cm³/mol. The summed E-state index contributed by atoms with van der Waals surface area (Å²) in [6, 6.07) is 1.37. The summed E-state index contributed by atoms with van der Waals surface area (Å²) in [5, 5.41) is 0. The van der Waals surface area contributed by atoms with E-state index < -0.39 is 29.4 Å². The molecule has 0 aromatic heterocycles.